The highest BCUT2D eigenvalue weighted by molar-refractivity contribution is 5.93. The molecule has 9 nitrogen and oxygen atoms in total. The lowest BCUT2D eigenvalue weighted by Crippen LogP contribution is -2.62. The van der Waals surface area contributed by atoms with E-state index in [1.165, 1.54) is 13.4 Å². The minimum atomic E-state index is -0.597. The van der Waals surface area contributed by atoms with E-state index in [9.17, 15) is 9.59 Å². The zero-order valence-corrected chi connectivity index (χ0v) is 17.1. The van der Waals surface area contributed by atoms with Crippen molar-refractivity contribution in [3.63, 3.8) is 0 Å². The number of rotatable bonds is 4. The van der Waals surface area contributed by atoms with Crippen LogP contribution in [-0.4, -0.2) is 68.7 Å². The topological polar surface area (TPSA) is 93.7 Å². The summed E-state index contributed by atoms with van der Waals surface area (Å²) in [5, 5.41) is 4.34. The molecule has 3 aromatic rings. The highest BCUT2D eigenvalue weighted by atomic mass is 16.6. The Balaban J connectivity index is 1.48. The van der Waals surface area contributed by atoms with Crippen LogP contribution < -0.4 is 4.74 Å². The van der Waals surface area contributed by atoms with Crippen molar-refractivity contribution in [2.75, 3.05) is 26.7 Å². The number of carbonyl (C=O) groups is 2. The lowest BCUT2D eigenvalue weighted by atomic mass is 9.98. The Morgan fingerprint density at radius 1 is 1.07 bits per heavy atom. The van der Waals surface area contributed by atoms with Gasteiger partial charge in [0, 0.05) is 25.7 Å². The third-order valence-corrected chi connectivity index (χ3v) is 5.13. The number of carbonyl (C=O) groups excluding carboxylic acids is 2. The van der Waals surface area contributed by atoms with Gasteiger partial charge in [0.05, 0.1) is 18.3 Å². The SMILES string of the molecule is COc1ccc(C(=O)N2CCN(C(=O)c3ncn(-c4ccccc4)n3)C(C)(C)C2)o1. The van der Waals surface area contributed by atoms with Gasteiger partial charge in [0.1, 0.15) is 6.33 Å². The van der Waals surface area contributed by atoms with Gasteiger partial charge in [-0.05, 0) is 32.0 Å². The summed E-state index contributed by atoms with van der Waals surface area (Å²) in [6, 6.07) is 12.7. The minimum Gasteiger partial charge on any atom is -0.468 e. The summed E-state index contributed by atoms with van der Waals surface area (Å²) in [5.74, 6) is 0.131. The second-order valence-corrected chi connectivity index (χ2v) is 7.67. The zero-order chi connectivity index (χ0) is 21.3. The summed E-state index contributed by atoms with van der Waals surface area (Å²) < 4.78 is 12.0. The molecule has 0 bridgehead atoms. The fraction of sp³-hybridized carbons (Fsp3) is 0.333. The van der Waals surface area contributed by atoms with Crippen molar-refractivity contribution in [1.82, 2.24) is 24.6 Å². The summed E-state index contributed by atoms with van der Waals surface area (Å²) in [6.07, 6.45) is 1.53. The van der Waals surface area contributed by atoms with Gasteiger partial charge in [0.15, 0.2) is 5.76 Å². The normalized spacial score (nSPS) is 15.8. The number of hydrogen-bond donors (Lipinski definition) is 0. The summed E-state index contributed by atoms with van der Waals surface area (Å²) in [6.45, 7) is 4.95. The van der Waals surface area contributed by atoms with E-state index in [2.05, 4.69) is 10.1 Å². The zero-order valence-electron chi connectivity index (χ0n) is 17.1. The van der Waals surface area contributed by atoms with Crippen LogP contribution in [0.2, 0.25) is 0 Å². The average molecular weight is 409 g/mol. The van der Waals surface area contributed by atoms with Crippen molar-refractivity contribution < 1.29 is 18.7 Å². The predicted octanol–water partition coefficient (Wildman–Crippen LogP) is 2.25. The van der Waals surface area contributed by atoms with Gasteiger partial charge in [0.2, 0.25) is 5.82 Å². The molecule has 2 aromatic heterocycles. The molecule has 0 spiro atoms. The first-order valence-corrected chi connectivity index (χ1v) is 9.61. The molecule has 1 aromatic carbocycles. The smallest absolute Gasteiger partial charge is 0.294 e. The van der Waals surface area contributed by atoms with Crippen LogP contribution >= 0.6 is 0 Å². The Bertz CT molecular complexity index is 1060. The molecule has 4 rings (SSSR count). The highest BCUT2D eigenvalue weighted by Crippen LogP contribution is 2.25. The van der Waals surface area contributed by atoms with E-state index in [-0.39, 0.29) is 29.3 Å². The lowest BCUT2D eigenvalue weighted by molar-refractivity contribution is 0.0148. The first-order chi connectivity index (χ1) is 14.4. The van der Waals surface area contributed by atoms with Crippen LogP contribution in [0, 0.1) is 0 Å². The molecule has 156 valence electrons. The van der Waals surface area contributed by atoms with Crippen LogP contribution in [0.15, 0.2) is 53.2 Å². The molecule has 0 radical (unpaired) electrons. The first-order valence-electron chi connectivity index (χ1n) is 9.61. The molecule has 0 unspecified atom stereocenters. The summed E-state index contributed by atoms with van der Waals surface area (Å²) in [4.78, 5) is 33.5. The van der Waals surface area contributed by atoms with Crippen LogP contribution in [0.5, 0.6) is 5.95 Å². The van der Waals surface area contributed by atoms with E-state index in [0.29, 0.717) is 19.6 Å². The van der Waals surface area contributed by atoms with E-state index >= 15 is 0 Å². The van der Waals surface area contributed by atoms with Gasteiger partial charge in [0.25, 0.3) is 17.8 Å². The summed E-state index contributed by atoms with van der Waals surface area (Å²) >= 11 is 0. The molecule has 0 aliphatic carbocycles. The standard InChI is InChI=1S/C21H23N5O4/c1-21(2)13-24(19(27)16-9-10-17(29-3)30-16)11-12-25(21)20(28)18-22-14-26(23-18)15-7-5-4-6-8-15/h4-10,14H,11-13H2,1-3H3. The lowest BCUT2D eigenvalue weighted by Gasteiger charge is -2.46. The third kappa shape index (κ3) is 3.66. The molecular weight excluding hydrogens is 386 g/mol. The summed E-state index contributed by atoms with van der Waals surface area (Å²) in [7, 11) is 1.48. The largest absolute Gasteiger partial charge is 0.468 e. The van der Waals surface area contributed by atoms with Crippen LogP contribution in [0.1, 0.15) is 35.0 Å². The van der Waals surface area contributed by atoms with E-state index < -0.39 is 5.54 Å². The van der Waals surface area contributed by atoms with Crippen molar-refractivity contribution >= 4 is 11.8 Å². The number of methoxy groups -OCH3 is 1. The fourth-order valence-electron chi connectivity index (χ4n) is 3.59. The number of aromatic nitrogens is 3. The third-order valence-electron chi connectivity index (χ3n) is 5.13. The fourth-order valence-corrected chi connectivity index (χ4v) is 3.59. The highest BCUT2D eigenvalue weighted by Gasteiger charge is 2.40. The van der Waals surface area contributed by atoms with Gasteiger partial charge in [-0.3, -0.25) is 9.59 Å². The monoisotopic (exact) mass is 409 g/mol. The average Bonchev–Trinajstić information content (AvgIpc) is 3.42. The van der Waals surface area contributed by atoms with Crippen LogP contribution in [0.25, 0.3) is 5.69 Å². The molecule has 9 heteroatoms. The molecule has 1 aliphatic rings. The molecule has 2 amide bonds. The van der Waals surface area contributed by atoms with Gasteiger partial charge in [-0.1, -0.05) is 18.2 Å². The Kier molecular flexibility index (Phi) is 5.03. The van der Waals surface area contributed by atoms with Crippen molar-refractivity contribution in [2.45, 2.75) is 19.4 Å². The summed E-state index contributed by atoms with van der Waals surface area (Å²) in [5.41, 5.74) is 0.229. The molecule has 0 atom stereocenters. The number of para-hydroxylation sites is 1. The molecule has 1 fully saturated rings. The minimum absolute atomic E-state index is 0.127. The Hall–Kier alpha value is -3.62. The maximum Gasteiger partial charge on any atom is 0.294 e. The molecule has 1 aliphatic heterocycles. The second kappa shape index (κ2) is 7.66. The quantitative estimate of drug-likeness (QED) is 0.656. The Morgan fingerprint density at radius 2 is 1.83 bits per heavy atom. The van der Waals surface area contributed by atoms with E-state index in [4.69, 9.17) is 9.15 Å². The number of piperazine rings is 1. The molecule has 0 N–H and O–H groups in total. The van der Waals surface area contributed by atoms with E-state index in [1.54, 1.807) is 26.6 Å². The van der Waals surface area contributed by atoms with Crippen molar-refractivity contribution in [1.29, 1.82) is 0 Å². The van der Waals surface area contributed by atoms with Crippen molar-refractivity contribution in [3.8, 4) is 11.6 Å². The first kappa shape index (κ1) is 19.7. The maximum atomic E-state index is 13.1. The molecule has 1 saturated heterocycles. The van der Waals surface area contributed by atoms with E-state index in [0.717, 1.165) is 5.69 Å². The predicted molar refractivity (Wildman–Crippen MR) is 108 cm³/mol. The molecular formula is C21H23N5O4. The van der Waals surface area contributed by atoms with Crippen molar-refractivity contribution in [3.05, 3.63) is 60.4 Å². The number of nitrogens with zero attached hydrogens (tertiary/aromatic N) is 5. The molecule has 3 heterocycles. The molecule has 30 heavy (non-hydrogen) atoms. The van der Waals surface area contributed by atoms with Crippen LogP contribution in [0.4, 0.5) is 0 Å². The van der Waals surface area contributed by atoms with Crippen LogP contribution in [-0.2, 0) is 0 Å². The Morgan fingerprint density at radius 3 is 2.50 bits per heavy atom. The van der Waals surface area contributed by atoms with Gasteiger partial charge in [-0.15, -0.1) is 5.10 Å². The van der Waals surface area contributed by atoms with E-state index in [1.807, 2.05) is 44.2 Å². The van der Waals surface area contributed by atoms with Crippen LogP contribution in [0.3, 0.4) is 0 Å². The number of benzene rings is 1. The molecule has 0 saturated carbocycles. The number of ether oxygens (including phenoxy) is 1. The van der Waals surface area contributed by atoms with Gasteiger partial charge in [-0.2, -0.15) is 0 Å². The number of amides is 2. The van der Waals surface area contributed by atoms with Gasteiger partial charge in [-0.25, -0.2) is 9.67 Å². The van der Waals surface area contributed by atoms with Crippen molar-refractivity contribution in [2.24, 2.45) is 0 Å². The number of hydrogen-bond acceptors (Lipinski definition) is 6. The van der Waals surface area contributed by atoms with Gasteiger partial charge < -0.3 is 19.0 Å². The second-order valence-electron chi connectivity index (χ2n) is 7.67. The maximum absolute atomic E-state index is 13.1. The number of furan rings is 1. The Labute approximate surface area is 173 Å². The van der Waals surface area contributed by atoms with Gasteiger partial charge >= 0.3 is 0 Å².